The van der Waals surface area contributed by atoms with Gasteiger partial charge in [0.05, 0.1) is 18.1 Å². The largest absolute Gasteiger partial charge is 0.497 e. The van der Waals surface area contributed by atoms with Crippen molar-refractivity contribution in [3.8, 4) is 5.75 Å². The monoisotopic (exact) mass is 276 g/mol. The molecule has 1 aromatic heterocycles. The summed E-state index contributed by atoms with van der Waals surface area (Å²) in [4.78, 5) is 3.27. The summed E-state index contributed by atoms with van der Waals surface area (Å²) in [5.74, 6) is 1.76. The van der Waals surface area contributed by atoms with Crippen molar-refractivity contribution < 1.29 is 4.74 Å². The van der Waals surface area contributed by atoms with Crippen LogP contribution in [0.4, 0.5) is 0 Å². The van der Waals surface area contributed by atoms with Crippen LogP contribution in [0.5, 0.6) is 5.75 Å². The zero-order valence-electron chi connectivity index (χ0n) is 11.3. The number of benzene rings is 1. The molecular weight excluding hydrogens is 256 g/mol. The maximum Gasteiger partial charge on any atom is 0.178 e. The van der Waals surface area contributed by atoms with Crippen LogP contribution >= 0.6 is 12.2 Å². The van der Waals surface area contributed by atoms with Gasteiger partial charge in [-0.2, -0.15) is 0 Å². The second-order valence-electron chi connectivity index (χ2n) is 5.40. The van der Waals surface area contributed by atoms with Gasteiger partial charge in [0.25, 0.3) is 0 Å². The van der Waals surface area contributed by atoms with Crippen molar-refractivity contribution in [2.24, 2.45) is 5.92 Å². The predicted molar refractivity (Wildman–Crippen MR) is 80.2 cm³/mol. The molecule has 1 heterocycles. The predicted octanol–water partition coefficient (Wildman–Crippen LogP) is 4.29. The summed E-state index contributed by atoms with van der Waals surface area (Å²) in [6.45, 7) is 1.02. The van der Waals surface area contributed by atoms with Crippen LogP contribution in [0.15, 0.2) is 18.2 Å². The highest BCUT2D eigenvalue weighted by Crippen LogP contribution is 2.29. The minimum Gasteiger partial charge on any atom is -0.497 e. The van der Waals surface area contributed by atoms with E-state index in [4.69, 9.17) is 17.0 Å². The summed E-state index contributed by atoms with van der Waals surface area (Å²) < 4.78 is 8.29. The number of methoxy groups -OCH3 is 1. The van der Waals surface area contributed by atoms with Crippen LogP contribution in [-0.4, -0.2) is 16.7 Å². The van der Waals surface area contributed by atoms with Crippen LogP contribution in [0, 0.1) is 10.7 Å². The number of imidazole rings is 1. The number of H-pyrrole nitrogens is 1. The van der Waals surface area contributed by atoms with Gasteiger partial charge in [-0.3, -0.25) is 0 Å². The fourth-order valence-corrected chi connectivity index (χ4v) is 3.40. The van der Waals surface area contributed by atoms with Crippen molar-refractivity contribution >= 4 is 23.3 Å². The molecule has 3 rings (SSSR count). The lowest BCUT2D eigenvalue weighted by atomic mass is 10.0. The number of hydrogen-bond acceptors (Lipinski definition) is 2. The lowest BCUT2D eigenvalue weighted by molar-refractivity contribution is 0.415. The van der Waals surface area contributed by atoms with Crippen LogP contribution in [0.3, 0.4) is 0 Å². The summed E-state index contributed by atoms with van der Waals surface area (Å²) in [5, 5.41) is 0. The molecule has 1 aliphatic carbocycles. The Morgan fingerprint density at radius 3 is 2.89 bits per heavy atom. The normalized spacial score (nSPS) is 16.3. The van der Waals surface area contributed by atoms with E-state index < -0.39 is 0 Å². The molecule has 1 fully saturated rings. The van der Waals surface area contributed by atoms with E-state index in [9.17, 15) is 0 Å². The standard InChI is InChI=1S/C15H20N2OS/c1-18-12-6-7-14-13(10-12)16-15(19)17(14)9-8-11-4-2-3-5-11/h6-7,10-11H,2-5,8-9H2,1H3,(H,16,19). The summed E-state index contributed by atoms with van der Waals surface area (Å²) >= 11 is 5.44. The first-order chi connectivity index (χ1) is 9.28. The van der Waals surface area contributed by atoms with Crippen LogP contribution < -0.4 is 4.74 Å². The van der Waals surface area contributed by atoms with Gasteiger partial charge >= 0.3 is 0 Å². The zero-order valence-corrected chi connectivity index (χ0v) is 12.1. The number of nitrogens with zero attached hydrogens (tertiary/aromatic N) is 1. The number of aryl methyl sites for hydroxylation is 1. The molecule has 0 unspecified atom stereocenters. The average Bonchev–Trinajstić information content (AvgIpc) is 3.02. The fraction of sp³-hybridized carbons (Fsp3) is 0.533. The minimum atomic E-state index is 0.821. The third-order valence-electron chi connectivity index (χ3n) is 4.22. The summed E-state index contributed by atoms with van der Waals surface area (Å²) in [6, 6.07) is 6.10. The third-order valence-corrected chi connectivity index (χ3v) is 4.54. The van der Waals surface area contributed by atoms with E-state index in [-0.39, 0.29) is 0 Å². The lowest BCUT2D eigenvalue weighted by Gasteiger charge is -2.10. The van der Waals surface area contributed by atoms with Crippen molar-refractivity contribution in [1.82, 2.24) is 9.55 Å². The number of hydrogen-bond donors (Lipinski definition) is 1. The van der Waals surface area contributed by atoms with Crippen LogP contribution in [0.1, 0.15) is 32.1 Å². The molecular formula is C15H20N2OS. The smallest absolute Gasteiger partial charge is 0.178 e. The van der Waals surface area contributed by atoms with E-state index in [2.05, 4.69) is 15.6 Å². The Morgan fingerprint density at radius 2 is 2.16 bits per heavy atom. The van der Waals surface area contributed by atoms with Crippen LogP contribution in [-0.2, 0) is 6.54 Å². The van der Waals surface area contributed by atoms with E-state index in [0.29, 0.717) is 0 Å². The first-order valence-corrected chi connectivity index (χ1v) is 7.45. The van der Waals surface area contributed by atoms with Gasteiger partial charge in [-0.25, -0.2) is 0 Å². The molecule has 1 aliphatic rings. The summed E-state index contributed by atoms with van der Waals surface area (Å²) in [7, 11) is 1.69. The number of rotatable bonds is 4. The molecule has 2 aromatic rings. The lowest BCUT2D eigenvalue weighted by Crippen LogP contribution is -2.03. The Hall–Kier alpha value is -1.29. The van der Waals surface area contributed by atoms with Gasteiger partial charge in [0.2, 0.25) is 0 Å². The molecule has 1 N–H and O–H groups in total. The second-order valence-corrected chi connectivity index (χ2v) is 5.79. The highest BCUT2D eigenvalue weighted by molar-refractivity contribution is 7.71. The first-order valence-electron chi connectivity index (χ1n) is 7.04. The SMILES string of the molecule is COc1ccc2c(c1)[nH]c(=S)n2CCC1CCCC1. The second kappa shape index (κ2) is 5.37. The van der Waals surface area contributed by atoms with E-state index in [0.717, 1.165) is 28.5 Å². The van der Waals surface area contributed by atoms with Crippen molar-refractivity contribution in [2.75, 3.05) is 7.11 Å². The van der Waals surface area contributed by atoms with E-state index in [1.54, 1.807) is 7.11 Å². The fourth-order valence-electron chi connectivity index (χ4n) is 3.10. The molecule has 0 bridgehead atoms. The van der Waals surface area contributed by atoms with Gasteiger partial charge in [-0.1, -0.05) is 25.7 Å². The van der Waals surface area contributed by atoms with E-state index in [1.165, 1.54) is 37.6 Å². The number of fused-ring (bicyclic) bond motifs is 1. The molecule has 0 radical (unpaired) electrons. The first kappa shape index (κ1) is 12.7. The van der Waals surface area contributed by atoms with Gasteiger partial charge in [0.1, 0.15) is 5.75 Å². The molecule has 1 aromatic carbocycles. The van der Waals surface area contributed by atoms with Crippen LogP contribution in [0.2, 0.25) is 0 Å². The Labute approximate surface area is 118 Å². The Kier molecular flexibility index (Phi) is 3.60. The molecule has 0 atom stereocenters. The maximum absolute atomic E-state index is 5.44. The van der Waals surface area contributed by atoms with Crippen molar-refractivity contribution in [1.29, 1.82) is 0 Å². The molecule has 4 heteroatoms. The van der Waals surface area contributed by atoms with Crippen LogP contribution in [0.25, 0.3) is 11.0 Å². The molecule has 0 saturated heterocycles. The number of nitrogens with one attached hydrogen (secondary N) is 1. The average molecular weight is 276 g/mol. The van der Waals surface area contributed by atoms with Crippen molar-refractivity contribution in [2.45, 2.75) is 38.6 Å². The van der Waals surface area contributed by atoms with Gasteiger partial charge in [0.15, 0.2) is 4.77 Å². The van der Waals surface area contributed by atoms with E-state index in [1.807, 2.05) is 12.1 Å². The van der Waals surface area contributed by atoms with Gasteiger partial charge in [-0.15, -0.1) is 0 Å². The van der Waals surface area contributed by atoms with Crippen molar-refractivity contribution in [3.63, 3.8) is 0 Å². The third kappa shape index (κ3) is 2.54. The maximum atomic E-state index is 5.44. The van der Waals surface area contributed by atoms with E-state index >= 15 is 0 Å². The molecule has 1 saturated carbocycles. The zero-order chi connectivity index (χ0) is 13.2. The Balaban J connectivity index is 1.85. The number of aromatic amines is 1. The minimum absolute atomic E-state index is 0.821. The molecule has 19 heavy (non-hydrogen) atoms. The number of ether oxygens (including phenoxy) is 1. The highest BCUT2D eigenvalue weighted by Gasteiger charge is 2.15. The molecule has 0 amide bonds. The molecule has 3 nitrogen and oxygen atoms in total. The summed E-state index contributed by atoms with van der Waals surface area (Å²) in [6.07, 6.45) is 6.84. The number of aromatic nitrogens is 2. The molecule has 0 spiro atoms. The van der Waals surface area contributed by atoms with Gasteiger partial charge in [0, 0.05) is 12.6 Å². The molecule has 102 valence electrons. The van der Waals surface area contributed by atoms with Gasteiger partial charge < -0.3 is 14.3 Å². The molecule has 0 aliphatic heterocycles. The van der Waals surface area contributed by atoms with Gasteiger partial charge in [-0.05, 0) is 36.7 Å². The Bertz CT molecular complexity index is 623. The summed E-state index contributed by atoms with van der Waals surface area (Å²) in [5.41, 5.74) is 2.25. The quantitative estimate of drug-likeness (QED) is 0.844. The Morgan fingerprint density at radius 1 is 1.37 bits per heavy atom. The highest BCUT2D eigenvalue weighted by atomic mass is 32.1. The van der Waals surface area contributed by atoms with Crippen molar-refractivity contribution in [3.05, 3.63) is 23.0 Å². The topological polar surface area (TPSA) is 29.9 Å².